The second-order valence-electron chi connectivity index (χ2n) is 9.65. The molecule has 2 N–H and O–H groups in total. The summed E-state index contributed by atoms with van der Waals surface area (Å²) in [6.45, 7) is -0.00974. The summed E-state index contributed by atoms with van der Waals surface area (Å²) in [7, 11) is 0. The van der Waals surface area contributed by atoms with Gasteiger partial charge in [-0.25, -0.2) is 9.97 Å². The van der Waals surface area contributed by atoms with Gasteiger partial charge in [0.1, 0.15) is 5.69 Å². The lowest BCUT2D eigenvalue weighted by Crippen LogP contribution is -2.31. The van der Waals surface area contributed by atoms with Crippen LogP contribution in [0.5, 0.6) is 0 Å². The average Bonchev–Trinajstić information content (AvgIpc) is 3.04. The summed E-state index contributed by atoms with van der Waals surface area (Å²) in [4.78, 5) is 26.2. The highest BCUT2D eigenvalue weighted by Gasteiger charge is 2.32. The number of aliphatic hydroxyl groups is 1. The number of nitrogens with zero attached hydrogens (tertiary/aromatic N) is 3. The van der Waals surface area contributed by atoms with Crippen molar-refractivity contribution in [1.82, 2.24) is 15.0 Å². The quantitative estimate of drug-likeness (QED) is 0.218. The fraction of sp³-hybridized carbons (Fsp3) is 0.188. The second kappa shape index (κ2) is 12.6. The molecule has 0 radical (unpaired) electrons. The molecule has 1 aliphatic rings. The number of anilines is 1. The molecule has 0 saturated carbocycles. The molecule has 3 heterocycles. The van der Waals surface area contributed by atoms with Crippen molar-refractivity contribution in [3.05, 3.63) is 126 Å². The van der Waals surface area contributed by atoms with Crippen molar-refractivity contribution in [1.29, 1.82) is 0 Å². The molecule has 1 saturated heterocycles. The van der Waals surface area contributed by atoms with Crippen LogP contribution >= 0.6 is 11.8 Å². The largest absolute Gasteiger partial charge is 0.392 e. The van der Waals surface area contributed by atoms with Crippen LogP contribution in [0.4, 0.5) is 5.69 Å². The Kier molecular flexibility index (Phi) is 8.29. The van der Waals surface area contributed by atoms with E-state index in [1.165, 1.54) is 6.20 Å². The molecule has 9 heteroatoms. The Labute approximate surface area is 241 Å². The zero-order valence-corrected chi connectivity index (χ0v) is 22.9. The van der Waals surface area contributed by atoms with Gasteiger partial charge in [-0.1, -0.05) is 54.6 Å². The number of hydrogen-bond donors (Lipinski definition) is 2. The van der Waals surface area contributed by atoms with Crippen LogP contribution in [0.3, 0.4) is 0 Å². The zero-order valence-electron chi connectivity index (χ0n) is 22.1. The number of para-hydroxylation sites is 2. The van der Waals surface area contributed by atoms with Gasteiger partial charge in [0, 0.05) is 29.6 Å². The molecule has 3 aromatic carbocycles. The number of hydrogen-bond acceptors (Lipinski definition) is 8. The Morgan fingerprint density at radius 3 is 2.54 bits per heavy atom. The normalized spacial score (nSPS) is 18.7. The highest BCUT2D eigenvalue weighted by atomic mass is 32.2. The molecule has 1 fully saturated rings. The Balaban J connectivity index is 1.21. The van der Waals surface area contributed by atoms with Gasteiger partial charge in [-0.05, 0) is 47.5 Å². The van der Waals surface area contributed by atoms with E-state index in [1.54, 1.807) is 18.0 Å². The number of carbonyl (C=O) groups excluding carboxylic acids is 1. The minimum atomic E-state index is -0.641. The van der Waals surface area contributed by atoms with E-state index in [1.807, 2.05) is 91.0 Å². The van der Waals surface area contributed by atoms with E-state index in [-0.39, 0.29) is 30.4 Å². The molecule has 0 spiro atoms. The van der Waals surface area contributed by atoms with Crippen LogP contribution < -0.4 is 5.32 Å². The standard InChI is InChI=1S/C32H28N4O4S/c37-19-21-11-13-22(14-12-21)29-17-25(20-41-30-10-3-4-15-33-30)39-32(40-29)23-6-5-7-24(16-23)35-31(38)28-18-34-26-8-1-2-9-27(26)36-28/h1-16,18,25,29,32,37H,17,19-20H2,(H,35,38). The molecule has 0 bridgehead atoms. The first-order chi connectivity index (χ1) is 20.1. The minimum Gasteiger partial charge on any atom is -0.392 e. The Hall–Kier alpha value is -4.15. The number of fused-ring (bicyclic) bond motifs is 1. The van der Waals surface area contributed by atoms with Crippen molar-refractivity contribution in [2.24, 2.45) is 0 Å². The highest BCUT2D eigenvalue weighted by Crippen LogP contribution is 2.39. The van der Waals surface area contributed by atoms with Crippen LogP contribution in [0.25, 0.3) is 11.0 Å². The first-order valence-corrected chi connectivity index (χ1v) is 14.3. The minimum absolute atomic E-state index is 0.00974. The number of thioether (sulfide) groups is 1. The number of benzene rings is 3. The van der Waals surface area contributed by atoms with Crippen molar-refractivity contribution in [3.8, 4) is 0 Å². The number of aromatic nitrogens is 3. The SMILES string of the molecule is O=C(Nc1cccc(C2OC(CSc3ccccn3)CC(c3ccc(CO)cc3)O2)c1)c1cnc2ccccc2n1. The summed E-state index contributed by atoms with van der Waals surface area (Å²) >= 11 is 1.64. The number of ether oxygens (including phenoxy) is 2. The predicted octanol–water partition coefficient (Wildman–Crippen LogP) is 6.11. The molecule has 3 unspecified atom stereocenters. The smallest absolute Gasteiger partial charge is 0.275 e. The Morgan fingerprint density at radius 1 is 0.902 bits per heavy atom. The van der Waals surface area contributed by atoms with Crippen LogP contribution in [0.2, 0.25) is 0 Å². The summed E-state index contributed by atoms with van der Waals surface area (Å²) in [6.07, 6.45) is 2.98. The number of rotatable bonds is 8. The summed E-state index contributed by atoms with van der Waals surface area (Å²) < 4.78 is 12.9. The number of carbonyl (C=O) groups is 1. The van der Waals surface area contributed by atoms with E-state index in [0.29, 0.717) is 23.4 Å². The Bertz CT molecular complexity index is 1630. The van der Waals surface area contributed by atoms with E-state index in [9.17, 15) is 9.90 Å². The molecule has 1 amide bonds. The molecule has 5 aromatic rings. The van der Waals surface area contributed by atoms with Crippen LogP contribution in [0, 0.1) is 0 Å². The third kappa shape index (κ3) is 6.61. The maximum Gasteiger partial charge on any atom is 0.275 e. The monoisotopic (exact) mass is 564 g/mol. The van der Waals surface area contributed by atoms with Gasteiger partial charge < -0.3 is 19.9 Å². The average molecular weight is 565 g/mol. The number of aliphatic hydroxyl groups excluding tert-OH is 1. The van der Waals surface area contributed by atoms with Gasteiger partial charge in [0.2, 0.25) is 0 Å². The van der Waals surface area contributed by atoms with Crippen LogP contribution in [-0.2, 0) is 16.1 Å². The van der Waals surface area contributed by atoms with Crippen molar-refractivity contribution in [2.75, 3.05) is 11.1 Å². The van der Waals surface area contributed by atoms with Crippen molar-refractivity contribution in [2.45, 2.75) is 36.6 Å². The summed E-state index contributed by atoms with van der Waals surface area (Å²) in [5.74, 6) is 0.358. The van der Waals surface area contributed by atoms with Gasteiger partial charge in [0.15, 0.2) is 6.29 Å². The molecule has 6 rings (SSSR count). The van der Waals surface area contributed by atoms with Gasteiger partial charge in [-0.3, -0.25) is 9.78 Å². The van der Waals surface area contributed by atoms with E-state index in [0.717, 1.165) is 27.2 Å². The topological polar surface area (TPSA) is 106 Å². The van der Waals surface area contributed by atoms with Crippen molar-refractivity contribution >= 4 is 34.4 Å². The molecular weight excluding hydrogens is 536 g/mol. The maximum absolute atomic E-state index is 13.0. The van der Waals surface area contributed by atoms with Crippen molar-refractivity contribution in [3.63, 3.8) is 0 Å². The molecule has 0 aliphatic carbocycles. The lowest BCUT2D eigenvalue weighted by atomic mass is 10.0. The fourth-order valence-electron chi connectivity index (χ4n) is 4.66. The number of amides is 1. The van der Waals surface area contributed by atoms with Gasteiger partial charge in [0.25, 0.3) is 5.91 Å². The lowest BCUT2D eigenvalue weighted by molar-refractivity contribution is -0.245. The van der Waals surface area contributed by atoms with Gasteiger partial charge in [-0.2, -0.15) is 0 Å². The van der Waals surface area contributed by atoms with Crippen molar-refractivity contribution < 1.29 is 19.4 Å². The van der Waals surface area contributed by atoms with E-state index < -0.39 is 6.29 Å². The molecule has 1 aliphatic heterocycles. The molecule has 8 nitrogen and oxygen atoms in total. The summed E-state index contributed by atoms with van der Waals surface area (Å²) in [5.41, 5.74) is 4.87. The zero-order chi connectivity index (χ0) is 28.0. The molecule has 3 atom stereocenters. The Morgan fingerprint density at radius 2 is 1.73 bits per heavy atom. The van der Waals surface area contributed by atoms with E-state index >= 15 is 0 Å². The van der Waals surface area contributed by atoms with Crippen LogP contribution in [0.15, 0.2) is 108 Å². The lowest BCUT2D eigenvalue weighted by Gasteiger charge is -2.36. The fourth-order valence-corrected chi connectivity index (χ4v) is 5.54. The second-order valence-corrected chi connectivity index (χ2v) is 10.7. The molecular formula is C32H28N4O4S. The maximum atomic E-state index is 13.0. The van der Waals surface area contributed by atoms with Crippen LogP contribution in [0.1, 0.15) is 46.0 Å². The first kappa shape index (κ1) is 27.0. The highest BCUT2D eigenvalue weighted by molar-refractivity contribution is 7.99. The van der Waals surface area contributed by atoms with E-state index in [2.05, 4.69) is 20.3 Å². The molecule has 206 valence electrons. The number of nitrogens with one attached hydrogen (secondary N) is 1. The summed E-state index contributed by atoms with van der Waals surface area (Å²) in [6, 6.07) is 28.5. The molecule has 2 aromatic heterocycles. The van der Waals surface area contributed by atoms with Gasteiger partial charge >= 0.3 is 0 Å². The third-order valence-electron chi connectivity index (χ3n) is 6.77. The molecule has 41 heavy (non-hydrogen) atoms. The predicted molar refractivity (Wildman–Crippen MR) is 157 cm³/mol. The van der Waals surface area contributed by atoms with Crippen LogP contribution in [-0.4, -0.2) is 37.8 Å². The third-order valence-corrected chi connectivity index (χ3v) is 7.84. The van der Waals surface area contributed by atoms with Gasteiger partial charge in [0.05, 0.1) is 41.1 Å². The van der Waals surface area contributed by atoms with Gasteiger partial charge in [-0.15, -0.1) is 11.8 Å². The number of pyridine rings is 1. The van der Waals surface area contributed by atoms with E-state index in [4.69, 9.17) is 9.47 Å². The summed E-state index contributed by atoms with van der Waals surface area (Å²) in [5, 5.41) is 13.3. The first-order valence-electron chi connectivity index (χ1n) is 13.3.